The van der Waals surface area contributed by atoms with E-state index in [0.29, 0.717) is 16.3 Å². The van der Waals surface area contributed by atoms with Gasteiger partial charge in [-0.2, -0.15) is 0 Å². The molecule has 2 aromatic carbocycles. The van der Waals surface area contributed by atoms with Gasteiger partial charge in [0, 0.05) is 23.6 Å². The number of amides is 1. The third-order valence-corrected chi connectivity index (χ3v) is 4.80. The third kappa shape index (κ3) is 3.44. The fourth-order valence-electron chi connectivity index (χ4n) is 3.02. The number of carbonyl (C=O) groups is 1. The van der Waals surface area contributed by atoms with Gasteiger partial charge in [-0.15, -0.1) is 0 Å². The highest BCUT2D eigenvalue weighted by molar-refractivity contribution is 6.34. The summed E-state index contributed by atoms with van der Waals surface area (Å²) in [6, 6.07) is 17.1. The molecule has 0 unspecified atom stereocenters. The van der Waals surface area contributed by atoms with Crippen LogP contribution in [0.5, 0.6) is 0 Å². The molecule has 0 bridgehead atoms. The Morgan fingerprint density at radius 2 is 1.85 bits per heavy atom. The summed E-state index contributed by atoms with van der Waals surface area (Å²) in [5, 5.41) is 3.33. The number of benzene rings is 2. The molecule has 0 aliphatic carbocycles. The van der Waals surface area contributed by atoms with Gasteiger partial charge < -0.3 is 9.72 Å². The molecule has 1 N–H and O–H groups in total. The maximum absolute atomic E-state index is 12.4. The minimum Gasteiger partial charge on any atom is -0.322 e. The Kier molecular flexibility index (Phi) is 4.42. The fraction of sp³-hybridized carbons (Fsp3) is 0.0909. The molecule has 0 aliphatic rings. The average molecular weight is 376 g/mol. The number of hydrogen-bond acceptors (Lipinski definition) is 2. The summed E-state index contributed by atoms with van der Waals surface area (Å²) in [6.45, 7) is 3.98. The zero-order chi connectivity index (χ0) is 19.0. The summed E-state index contributed by atoms with van der Waals surface area (Å²) in [5.74, 6) is -0.226. The van der Waals surface area contributed by atoms with E-state index >= 15 is 0 Å². The number of imidazole rings is 1. The lowest BCUT2D eigenvalue weighted by Gasteiger charge is -2.08. The van der Waals surface area contributed by atoms with Gasteiger partial charge in [-0.25, -0.2) is 4.98 Å². The minimum atomic E-state index is -0.226. The lowest BCUT2D eigenvalue weighted by Crippen LogP contribution is -2.12. The van der Waals surface area contributed by atoms with Gasteiger partial charge in [-0.05, 0) is 55.3 Å². The average Bonchev–Trinajstić information content (AvgIpc) is 3.08. The van der Waals surface area contributed by atoms with Gasteiger partial charge in [0.2, 0.25) is 0 Å². The Morgan fingerprint density at radius 1 is 1.07 bits per heavy atom. The standard InChI is InChI=1S/C22H18ClN3O/c1-14-5-10-18(19(23)12-14)22(27)24-17-8-6-16(7-9-17)20-13-26-11-3-4-15(2)21(26)25-20/h3-13H,1-2H3,(H,24,27). The first-order chi connectivity index (χ1) is 13.0. The molecule has 1 amide bonds. The van der Waals surface area contributed by atoms with Gasteiger partial charge in [0.25, 0.3) is 5.91 Å². The van der Waals surface area contributed by atoms with Crippen molar-refractivity contribution >= 4 is 28.8 Å². The zero-order valence-corrected chi connectivity index (χ0v) is 15.8. The molecule has 0 fully saturated rings. The van der Waals surface area contributed by atoms with Gasteiger partial charge in [-0.3, -0.25) is 4.79 Å². The third-order valence-electron chi connectivity index (χ3n) is 4.49. The molecule has 2 aromatic heterocycles. The largest absolute Gasteiger partial charge is 0.322 e. The molecule has 0 atom stereocenters. The van der Waals surface area contributed by atoms with Crippen molar-refractivity contribution in [2.24, 2.45) is 0 Å². The molecule has 0 saturated heterocycles. The van der Waals surface area contributed by atoms with Crippen molar-refractivity contribution in [1.82, 2.24) is 9.38 Å². The van der Waals surface area contributed by atoms with E-state index < -0.39 is 0 Å². The van der Waals surface area contributed by atoms with Crippen LogP contribution in [-0.4, -0.2) is 15.3 Å². The molecule has 4 nitrogen and oxygen atoms in total. The number of nitrogens with zero attached hydrogens (tertiary/aromatic N) is 2. The monoisotopic (exact) mass is 375 g/mol. The van der Waals surface area contributed by atoms with Crippen LogP contribution in [0.15, 0.2) is 67.0 Å². The molecule has 4 aromatic rings. The second-order valence-electron chi connectivity index (χ2n) is 6.56. The van der Waals surface area contributed by atoms with Crippen molar-refractivity contribution in [2.75, 3.05) is 5.32 Å². The molecular weight excluding hydrogens is 358 g/mol. The zero-order valence-electron chi connectivity index (χ0n) is 15.0. The molecule has 0 aliphatic heterocycles. The van der Waals surface area contributed by atoms with E-state index in [1.54, 1.807) is 12.1 Å². The molecule has 5 heteroatoms. The summed E-state index contributed by atoms with van der Waals surface area (Å²) in [5.41, 5.74) is 6.14. The van der Waals surface area contributed by atoms with Crippen molar-refractivity contribution in [3.63, 3.8) is 0 Å². The Balaban J connectivity index is 1.56. The molecule has 134 valence electrons. The first kappa shape index (κ1) is 17.3. The number of nitrogens with one attached hydrogen (secondary N) is 1. The minimum absolute atomic E-state index is 0.226. The number of halogens is 1. The van der Waals surface area contributed by atoms with Crippen LogP contribution in [0.25, 0.3) is 16.9 Å². The molecule has 0 saturated carbocycles. The smallest absolute Gasteiger partial charge is 0.257 e. The Labute approximate surface area is 162 Å². The topological polar surface area (TPSA) is 46.4 Å². The number of aryl methyl sites for hydroxylation is 2. The predicted molar refractivity (Wildman–Crippen MR) is 110 cm³/mol. The summed E-state index contributed by atoms with van der Waals surface area (Å²) in [7, 11) is 0. The molecule has 27 heavy (non-hydrogen) atoms. The van der Waals surface area contributed by atoms with Crippen molar-refractivity contribution in [3.8, 4) is 11.3 Å². The first-order valence-electron chi connectivity index (χ1n) is 8.63. The number of carbonyl (C=O) groups excluding carboxylic acids is 1. The van der Waals surface area contributed by atoms with Crippen LogP contribution in [0.1, 0.15) is 21.5 Å². The summed E-state index contributed by atoms with van der Waals surface area (Å²) in [6.07, 6.45) is 3.99. The van der Waals surface area contributed by atoms with E-state index in [9.17, 15) is 4.79 Å². The van der Waals surface area contributed by atoms with E-state index in [1.165, 1.54) is 0 Å². The number of hydrogen-bond donors (Lipinski definition) is 1. The Bertz CT molecular complexity index is 1150. The Hall–Kier alpha value is -3.11. The number of rotatable bonds is 3. The maximum Gasteiger partial charge on any atom is 0.257 e. The van der Waals surface area contributed by atoms with Gasteiger partial charge in [0.15, 0.2) is 0 Å². The van der Waals surface area contributed by atoms with Crippen LogP contribution >= 0.6 is 11.6 Å². The van der Waals surface area contributed by atoms with E-state index in [-0.39, 0.29) is 5.91 Å². The van der Waals surface area contributed by atoms with Crippen molar-refractivity contribution in [3.05, 3.63) is 88.7 Å². The Morgan fingerprint density at radius 3 is 2.56 bits per heavy atom. The van der Waals surface area contributed by atoms with Crippen molar-refractivity contribution < 1.29 is 4.79 Å². The highest BCUT2D eigenvalue weighted by Gasteiger charge is 2.11. The van der Waals surface area contributed by atoms with Crippen LogP contribution in [0.2, 0.25) is 5.02 Å². The maximum atomic E-state index is 12.4. The molecule has 0 spiro atoms. The van der Waals surface area contributed by atoms with E-state index in [1.807, 2.05) is 73.1 Å². The predicted octanol–water partition coefficient (Wildman–Crippen LogP) is 5.52. The lowest BCUT2D eigenvalue weighted by molar-refractivity contribution is 0.102. The van der Waals surface area contributed by atoms with E-state index in [2.05, 4.69) is 5.32 Å². The van der Waals surface area contributed by atoms with Crippen molar-refractivity contribution in [1.29, 1.82) is 0 Å². The number of aromatic nitrogens is 2. The van der Waals surface area contributed by atoms with Gasteiger partial charge in [-0.1, -0.05) is 35.9 Å². The van der Waals surface area contributed by atoms with E-state index in [4.69, 9.17) is 16.6 Å². The lowest BCUT2D eigenvalue weighted by atomic mass is 10.1. The second kappa shape index (κ2) is 6.89. The van der Waals surface area contributed by atoms with Crippen LogP contribution < -0.4 is 5.32 Å². The summed E-state index contributed by atoms with van der Waals surface area (Å²) >= 11 is 6.18. The number of fused-ring (bicyclic) bond motifs is 1. The summed E-state index contributed by atoms with van der Waals surface area (Å²) < 4.78 is 2.01. The molecule has 2 heterocycles. The first-order valence-corrected chi connectivity index (χ1v) is 9.01. The summed E-state index contributed by atoms with van der Waals surface area (Å²) in [4.78, 5) is 17.1. The quantitative estimate of drug-likeness (QED) is 0.512. The van der Waals surface area contributed by atoms with Crippen LogP contribution in [0.4, 0.5) is 5.69 Å². The van der Waals surface area contributed by atoms with E-state index in [0.717, 1.165) is 28.0 Å². The van der Waals surface area contributed by atoms with Crippen molar-refractivity contribution in [2.45, 2.75) is 13.8 Å². The second-order valence-corrected chi connectivity index (χ2v) is 6.97. The number of pyridine rings is 1. The molecular formula is C22H18ClN3O. The SMILES string of the molecule is Cc1ccc(C(=O)Nc2ccc(-c3cn4cccc(C)c4n3)cc2)c(Cl)c1. The van der Waals surface area contributed by atoms with Gasteiger partial charge in [0.05, 0.1) is 16.3 Å². The highest BCUT2D eigenvalue weighted by Crippen LogP contribution is 2.24. The van der Waals surface area contributed by atoms with Crippen LogP contribution in [0, 0.1) is 13.8 Å². The van der Waals surface area contributed by atoms with Crippen LogP contribution in [0.3, 0.4) is 0 Å². The van der Waals surface area contributed by atoms with Gasteiger partial charge in [0.1, 0.15) is 5.65 Å². The highest BCUT2D eigenvalue weighted by atomic mass is 35.5. The molecule has 0 radical (unpaired) electrons. The number of anilines is 1. The fourth-order valence-corrected chi connectivity index (χ4v) is 3.34. The van der Waals surface area contributed by atoms with Crippen LogP contribution in [-0.2, 0) is 0 Å². The normalized spacial score (nSPS) is 10.9. The molecule has 4 rings (SSSR count). The van der Waals surface area contributed by atoms with Gasteiger partial charge >= 0.3 is 0 Å².